The van der Waals surface area contributed by atoms with Crippen molar-refractivity contribution in [1.82, 2.24) is 9.80 Å². The highest BCUT2D eigenvalue weighted by molar-refractivity contribution is 9.09. The van der Waals surface area contributed by atoms with Gasteiger partial charge in [0.15, 0.2) is 0 Å². The third-order valence-electron chi connectivity index (χ3n) is 9.18. The molecule has 2 aromatic rings. The van der Waals surface area contributed by atoms with Gasteiger partial charge in [0.05, 0.1) is 29.2 Å². The van der Waals surface area contributed by atoms with Crippen LogP contribution in [0.3, 0.4) is 0 Å². The summed E-state index contributed by atoms with van der Waals surface area (Å²) in [6.45, 7) is 12.0. The van der Waals surface area contributed by atoms with Gasteiger partial charge in [-0.3, -0.25) is 14.4 Å². The Morgan fingerprint density at radius 2 is 1.84 bits per heavy atom. The maximum Gasteiger partial charge on any atom is 0.251 e. The first-order valence-electron chi connectivity index (χ1n) is 14.7. The Kier molecular flexibility index (Phi) is 9.26. The van der Waals surface area contributed by atoms with E-state index in [1.165, 1.54) is 0 Å². The lowest BCUT2D eigenvalue weighted by atomic mass is 9.70. The van der Waals surface area contributed by atoms with Crippen molar-refractivity contribution in [3.8, 4) is 0 Å². The van der Waals surface area contributed by atoms with Gasteiger partial charge in [-0.15, -0.1) is 24.9 Å². The van der Waals surface area contributed by atoms with Crippen LogP contribution in [-0.4, -0.2) is 86.3 Å². The molecule has 43 heavy (non-hydrogen) atoms. The number of nitrogens with zero attached hydrogens (tertiary/aromatic N) is 3. The number of aliphatic hydroxyl groups is 1. The summed E-state index contributed by atoms with van der Waals surface area (Å²) in [4.78, 5) is 48.6. The molecule has 1 spiro atoms. The van der Waals surface area contributed by atoms with E-state index in [2.05, 4.69) is 29.1 Å². The monoisotopic (exact) mass is 665 g/mol. The molecule has 7 atom stereocenters. The van der Waals surface area contributed by atoms with E-state index in [0.717, 1.165) is 22.4 Å². The van der Waals surface area contributed by atoms with Crippen LogP contribution >= 0.6 is 27.7 Å². The zero-order valence-corrected chi connectivity index (χ0v) is 27.4. The van der Waals surface area contributed by atoms with E-state index in [1.54, 1.807) is 45.7 Å². The van der Waals surface area contributed by atoms with Gasteiger partial charge in [0.25, 0.3) is 5.91 Å². The summed E-state index contributed by atoms with van der Waals surface area (Å²) in [7, 11) is 1.73. The zero-order valence-electron chi connectivity index (χ0n) is 25.0. The molecule has 0 radical (unpaired) electrons. The van der Waals surface area contributed by atoms with Gasteiger partial charge in [-0.2, -0.15) is 0 Å². The number of rotatable bonds is 11. The van der Waals surface area contributed by atoms with Crippen molar-refractivity contribution in [1.29, 1.82) is 0 Å². The van der Waals surface area contributed by atoms with Gasteiger partial charge in [0.2, 0.25) is 11.8 Å². The summed E-state index contributed by atoms with van der Waals surface area (Å²) >= 11 is 5.46. The van der Waals surface area contributed by atoms with Crippen LogP contribution in [0.5, 0.6) is 0 Å². The summed E-state index contributed by atoms with van der Waals surface area (Å²) in [5, 5.41) is 10.6. The molecule has 0 aromatic heterocycles. The van der Waals surface area contributed by atoms with Crippen molar-refractivity contribution in [3.05, 3.63) is 90.5 Å². The average Bonchev–Trinajstić information content (AvgIpc) is 3.59. The number of fused-ring (bicyclic) bond motifs is 1. The minimum absolute atomic E-state index is 0.0434. The molecule has 5 rings (SSSR count). The second-order valence-electron chi connectivity index (χ2n) is 12.0. The normalized spacial score (nSPS) is 28.0. The molecule has 0 saturated carbocycles. The van der Waals surface area contributed by atoms with Gasteiger partial charge >= 0.3 is 0 Å². The summed E-state index contributed by atoms with van der Waals surface area (Å²) in [6.07, 6.45) is 4.33. The van der Waals surface area contributed by atoms with Crippen molar-refractivity contribution in [3.63, 3.8) is 0 Å². The number of likely N-dealkylation sites (N-methyl/N-ethyl adjacent to an activating group) is 1. The molecule has 2 bridgehead atoms. The standard InChI is InChI=1S/C34H40BrN3O4S/c1-6-15-36(5)31(40)27-28-32(41)38(24(20-39)18-23-11-9-8-10-12-23)30(34(28)19-25(35)29(27)43-34)33(42)37(16-7-2)26-17-21(3)13-14-22(26)4/h6-14,17,24-25,27-30,39H,1-2,15-16,18-20H2,3-5H3/t24-,25?,27-,28+,29-,30?,34?/m1/s1. The molecule has 3 unspecified atom stereocenters. The predicted molar refractivity (Wildman–Crippen MR) is 176 cm³/mol. The van der Waals surface area contributed by atoms with Crippen LogP contribution in [-0.2, 0) is 20.8 Å². The van der Waals surface area contributed by atoms with E-state index < -0.39 is 28.7 Å². The molecule has 0 aliphatic carbocycles. The quantitative estimate of drug-likeness (QED) is 0.282. The van der Waals surface area contributed by atoms with Gasteiger partial charge in [-0.05, 0) is 49.4 Å². The lowest BCUT2D eigenvalue weighted by molar-refractivity contribution is -0.144. The van der Waals surface area contributed by atoms with Crippen LogP contribution < -0.4 is 4.90 Å². The predicted octanol–water partition coefficient (Wildman–Crippen LogP) is 4.54. The molecule has 7 nitrogen and oxygen atoms in total. The van der Waals surface area contributed by atoms with E-state index in [-0.39, 0.29) is 41.0 Å². The molecule has 3 aliphatic heterocycles. The molecule has 1 N–H and O–H groups in total. The summed E-state index contributed by atoms with van der Waals surface area (Å²) in [5.74, 6) is -1.83. The number of benzene rings is 2. The highest BCUT2D eigenvalue weighted by Gasteiger charge is 2.76. The molecule has 9 heteroatoms. The Balaban J connectivity index is 1.65. The zero-order chi connectivity index (χ0) is 31.1. The van der Waals surface area contributed by atoms with Crippen molar-refractivity contribution in [2.45, 2.75) is 53.6 Å². The minimum Gasteiger partial charge on any atom is -0.394 e. The van der Waals surface area contributed by atoms with Gasteiger partial charge in [0, 0.05) is 35.9 Å². The van der Waals surface area contributed by atoms with Crippen LogP contribution in [0.2, 0.25) is 0 Å². The lowest BCUT2D eigenvalue weighted by Gasteiger charge is -2.40. The molecule has 3 aliphatic rings. The van der Waals surface area contributed by atoms with Gasteiger partial charge in [0.1, 0.15) is 6.04 Å². The number of aryl methyl sites for hydroxylation is 2. The van der Waals surface area contributed by atoms with Crippen LogP contribution in [0, 0.1) is 25.7 Å². The van der Waals surface area contributed by atoms with Crippen molar-refractivity contribution < 1.29 is 19.5 Å². The number of amides is 3. The SMILES string of the molecule is C=CCN(C)C(=O)[C@H]1[C@@H]2SC3(CC2Br)C(C(=O)N(CC=C)c2cc(C)ccc2C)N([C@@H](CO)Cc2ccccc2)C(=O)[C@H]13. The number of carbonyl (C=O) groups is 3. The molecule has 3 fully saturated rings. The van der Waals surface area contributed by atoms with E-state index in [9.17, 15) is 14.7 Å². The second kappa shape index (κ2) is 12.6. The van der Waals surface area contributed by atoms with E-state index in [4.69, 9.17) is 0 Å². The lowest BCUT2D eigenvalue weighted by Crippen LogP contribution is -2.58. The fraction of sp³-hybridized carbons (Fsp3) is 0.441. The molecule has 3 amide bonds. The Hall–Kier alpha value is -2.88. The van der Waals surface area contributed by atoms with Crippen molar-refractivity contribution >= 4 is 51.1 Å². The number of alkyl halides is 1. The Bertz CT molecular complexity index is 1420. The summed E-state index contributed by atoms with van der Waals surface area (Å²) < 4.78 is -0.830. The number of thioether (sulfide) groups is 1. The number of hydrogen-bond donors (Lipinski definition) is 1. The molecule has 228 valence electrons. The van der Waals surface area contributed by atoms with E-state index >= 15 is 4.79 Å². The maximum atomic E-state index is 15.0. The molecule has 3 heterocycles. The molecular formula is C34H40BrN3O4S. The van der Waals surface area contributed by atoms with Crippen LogP contribution in [0.15, 0.2) is 73.8 Å². The maximum absolute atomic E-state index is 15.0. The Labute approximate surface area is 267 Å². The fourth-order valence-corrected chi connectivity index (χ4v) is 10.9. The number of carbonyl (C=O) groups excluding carboxylic acids is 3. The van der Waals surface area contributed by atoms with Gasteiger partial charge in [-0.25, -0.2) is 0 Å². The Morgan fingerprint density at radius 3 is 2.49 bits per heavy atom. The summed E-state index contributed by atoms with van der Waals surface area (Å²) in [5.41, 5.74) is 3.69. The first-order valence-corrected chi connectivity index (χ1v) is 16.5. The first-order chi connectivity index (χ1) is 20.6. The fourth-order valence-electron chi connectivity index (χ4n) is 7.29. The highest BCUT2D eigenvalue weighted by Crippen LogP contribution is 2.68. The van der Waals surface area contributed by atoms with Crippen LogP contribution in [0.25, 0.3) is 0 Å². The molecule has 3 saturated heterocycles. The smallest absolute Gasteiger partial charge is 0.251 e. The third kappa shape index (κ3) is 5.38. The van der Waals surface area contributed by atoms with Gasteiger partial charge < -0.3 is 19.8 Å². The van der Waals surface area contributed by atoms with E-state index in [0.29, 0.717) is 19.4 Å². The number of anilines is 1. The summed E-state index contributed by atoms with van der Waals surface area (Å²) in [6, 6.07) is 14.2. The molecular weight excluding hydrogens is 626 g/mol. The highest BCUT2D eigenvalue weighted by atomic mass is 79.9. The number of hydrogen-bond acceptors (Lipinski definition) is 5. The van der Waals surface area contributed by atoms with Crippen molar-refractivity contribution in [2.75, 3.05) is 31.6 Å². The van der Waals surface area contributed by atoms with Crippen LogP contribution in [0.4, 0.5) is 5.69 Å². The average molecular weight is 667 g/mol. The van der Waals surface area contributed by atoms with Crippen LogP contribution in [0.1, 0.15) is 23.1 Å². The second-order valence-corrected chi connectivity index (χ2v) is 14.7. The third-order valence-corrected chi connectivity index (χ3v) is 12.4. The number of halogens is 1. The number of aliphatic hydroxyl groups excluding tert-OH is 1. The molecule has 2 aromatic carbocycles. The number of likely N-dealkylation sites (tertiary alicyclic amines) is 1. The largest absolute Gasteiger partial charge is 0.394 e. The van der Waals surface area contributed by atoms with Gasteiger partial charge in [-0.1, -0.05) is 70.5 Å². The first kappa shape index (κ1) is 31.5. The van der Waals surface area contributed by atoms with Crippen molar-refractivity contribution in [2.24, 2.45) is 11.8 Å². The van der Waals surface area contributed by atoms with E-state index in [1.807, 2.05) is 62.4 Å². The topological polar surface area (TPSA) is 81.2 Å². The minimum atomic E-state index is -0.872. The Morgan fingerprint density at radius 1 is 1.14 bits per heavy atom.